The van der Waals surface area contributed by atoms with Gasteiger partial charge < -0.3 is 14.8 Å². The van der Waals surface area contributed by atoms with E-state index in [2.05, 4.69) is 5.32 Å². The van der Waals surface area contributed by atoms with E-state index in [-0.39, 0.29) is 6.61 Å². The number of amides is 1. The highest BCUT2D eigenvalue weighted by Gasteiger charge is 2.23. The highest BCUT2D eigenvalue weighted by Crippen LogP contribution is 2.34. The fourth-order valence-electron chi connectivity index (χ4n) is 2.47. The molecule has 130 valence electrons. The minimum atomic E-state index is -0.523. The molecule has 0 bridgehead atoms. The van der Waals surface area contributed by atoms with Crippen molar-refractivity contribution in [2.75, 3.05) is 19.5 Å². The monoisotopic (exact) mass is 379 g/mol. The van der Waals surface area contributed by atoms with Crippen LogP contribution in [0.25, 0.3) is 10.1 Å². The second kappa shape index (κ2) is 7.30. The van der Waals surface area contributed by atoms with Crippen molar-refractivity contribution in [3.05, 3.63) is 50.8 Å². The normalized spacial score (nSPS) is 10.8. The first kappa shape index (κ1) is 17.5. The first-order valence-electron chi connectivity index (χ1n) is 7.22. The number of methoxy groups -OCH3 is 2. The fraction of sp³-hybridized carbons (Fsp3) is 0.176. The molecule has 0 atom stereocenters. The van der Waals surface area contributed by atoms with E-state index in [1.165, 1.54) is 43.0 Å². The van der Waals surface area contributed by atoms with E-state index in [4.69, 9.17) is 9.47 Å². The van der Waals surface area contributed by atoms with Crippen LogP contribution in [0.5, 0.6) is 0 Å². The molecular weight excluding hydrogens is 365 g/mol. The van der Waals surface area contributed by atoms with Gasteiger partial charge in [-0.05, 0) is 23.6 Å². The maximum absolute atomic E-state index is 14.2. The van der Waals surface area contributed by atoms with Gasteiger partial charge in [0.1, 0.15) is 10.7 Å². The predicted octanol–water partition coefficient (Wildman–Crippen LogP) is 4.29. The topological polar surface area (TPSA) is 64.6 Å². The second-order valence-electron chi connectivity index (χ2n) is 5.06. The summed E-state index contributed by atoms with van der Waals surface area (Å²) in [5.41, 5.74) is 0.857. The Bertz CT molecular complexity index is 947. The SMILES string of the molecule is COCc1c(C(=O)Nc2ccsc2C(=O)OC)sc2cccc(F)c12. The van der Waals surface area contributed by atoms with Gasteiger partial charge in [0.05, 0.1) is 24.3 Å². The summed E-state index contributed by atoms with van der Waals surface area (Å²) < 4.78 is 24.7. The molecule has 3 rings (SSSR count). The standard InChI is InChI=1S/C17H14FNO4S2/c1-22-8-9-13-10(18)4-3-5-12(13)25-14(9)16(20)19-11-6-7-24-15(11)17(21)23-2/h3-7H,8H2,1-2H3,(H,19,20). The van der Waals surface area contributed by atoms with Crippen molar-refractivity contribution in [1.82, 2.24) is 0 Å². The molecule has 0 fully saturated rings. The lowest BCUT2D eigenvalue weighted by Crippen LogP contribution is -2.14. The Balaban J connectivity index is 2.00. The van der Waals surface area contributed by atoms with Gasteiger partial charge in [0, 0.05) is 22.8 Å². The molecule has 0 spiro atoms. The number of halogens is 1. The molecule has 0 aliphatic rings. The second-order valence-corrected chi connectivity index (χ2v) is 7.03. The Morgan fingerprint density at radius 2 is 2.00 bits per heavy atom. The molecule has 1 aromatic carbocycles. The number of fused-ring (bicyclic) bond motifs is 1. The van der Waals surface area contributed by atoms with Crippen molar-refractivity contribution >= 4 is 50.3 Å². The predicted molar refractivity (Wildman–Crippen MR) is 96.1 cm³/mol. The maximum Gasteiger partial charge on any atom is 0.350 e. The Hall–Kier alpha value is -2.29. The number of thiophene rings is 2. The van der Waals surface area contributed by atoms with Crippen LogP contribution in [0, 0.1) is 5.82 Å². The Morgan fingerprint density at radius 1 is 1.20 bits per heavy atom. The Morgan fingerprint density at radius 3 is 2.72 bits per heavy atom. The molecule has 25 heavy (non-hydrogen) atoms. The summed E-state index contributed by atoms with van der Waals surface area (Å²) in [6, 6.07) is 6.33. The molecule has 2 heterocycles. The third-order valence-electron chi connectivity index (χ3n) is 3.54. The van der Waals surface area contributed by atoms with Crippen molar-refractivity contribution < 1.29 is 23.5 Å². The summed E-state index contributed by atoms with van der Waals surface area (Å²) >= 11 is 2.35. The molecule has 3 aromatic rings. The summed E-state index contributed by atoms with van der Waals surface area (Å²) in [7, 11) is 2.76. The Kier molecular flexibility index (Phi) is 5.12. The van der Waals surface area contributed by atoms with Crippen molar-refractivity contribution in [3.8, 4) is 0 Å². The van der Waals surface area contributed by atoms with Gasteiger partial charge in [-0.3, -0.25) is 4.79 Å². The molecule has 0 saturated heterocycles. The third kappa shape index (κ3) is 3.28. The number of ether oxygens (including phenoxy) is 2. The van der Waals surface area contributed by atoms with Gasteiger partial charge in [0.25, 0.3) is 5.91 Å². The lowest BCUT2D eigenvalue weighted by molar-refractivity contribution is 0.0607. The molecule has 2 aromatic heterocycles. The van der Waals surface area contributed by atoms with E-state index in [0.717, 1.165) is 0 Å². The quantitative estimate of drug-likeness (QED) is 0.672. The molecule has 0 radical (unpaired) electrons. The number of carbonyl (C=O) groups is 2. The molecule has 1 N–H and O–H groups in total. The summed E-state index contributed by atoms with van der Waals surface area (Å²) in [5.74, 6) is -1.34. The van der Waals surface area contributed by atoms with Gasteiger partial charge in [0.15, 0.2) is 0 Å². The fourth-order valence-corrected chi connectivity index (χ4v) is 4.35. The van der Waals surface area contributed by atoms with Gasteiger partial charge >= 0.3 is 5.97 Å². The van der Waals surface area contributed by atoms with Gasteiger partial charge in [-0.25, -0.2) is 9.18 Å². The third-order valence-corrected chi connectivity index (χ3v) is 5.63. The average molecular weight is 379 g/mol. The number of rotatable bonds is 5. The van der Waals surface area contributed by atoms with E-state index < -0.39 is 17.7 Å². The number of anilines is 1. The average Bonchev–Trinajstić information content (AvgIpc) is 3.20. The minimum absolute atomic E-state index is 0.108. The van der Waals surface area contributed by atoms with Crippen LogP contribution in [0.2, 0.25) is 0 Å². The molecule has 0 aliphatic carbocycles. The summed E-state index contributed by atoms with van der Waals surface area (Å²) in [4.78, 5) is 25.1. The molecule has 0 aliphatic heterocycles. The zero-order valence-corrected chi connectivity index (χ0v) is 15.1. The first-order valence-corrected chi connectivity index (χ1v) is 8.92. The lowest BCUT2D eigenvalue weighted by Gasteiger charge is -2.06. The summed E-state index contributed by atoms with van der Waals surface area (Å²) in [6.45, 7) is 0.108. The van der Waals surface area contributed by atoms with Crippen molar-refractivity contribution in [3.63, 3.8) is 0 Å². The van der Waals surface area contributed by atoms with Crippen LogP contribution in [-0.2, 0) is 16.1 Å². The van der Waals surface area contributed by atoms with E-state index in [1.54, 1.807) is 23.6 Å². The van der Waals surface area contributed by atoms with Gasteiger partial charge in [0.2, 0.25) is 0 Å². The van der Waals surface area contributed by atoms with Crippen molar-refractivity contribution in [2.24, 2.45) is 0 Å². The molecule has 0 saturated carbocycles. The number of hydrogen-bond acceptors (Lipinski definition) is 6. The van der Waals surface area contributed by atoms with E-state index in [9.17, 15) is 14.0 Å². The number of benzene rings is 1. The summed E-state index contributed by atoms with van der Waals surface area (Å²) in [6.07, 6.45) is 0. The van der Waals surface area contributed by atoms with Crippen LogP contribution < -0.4 is 5.32 Å². The first-order chi connectivity index (χ1) is 12.1. The minimum Gasteiger partial charge on any atom is -0.465 e. The smallest absolute Gasteiger partial charge is 0.350 e. The lowest BCUT2D eigenvalue weighted by atomic mass is 10.1. The van der Waals surface area contributed by atoms with Gasteiger partial charge in [-0.15, -0.1) is 22.7 Å². The molecule has 8 heteroatoms. The molecule has 0 unspecified atom stereocenters. The van der Waals surface area contributed by atoms with E-state index in [1.807, 2.05) is 0 Å². The van der Waals surface area contributed by atoms with Crippen LogP contribution in [0.3, 0.4) is 0 Å². The number of hydrogen-bond donors (Lipinski definition) is 1. The largest absolute Gasteiger partial charge is 0.465 e. The molecule has 5 nitrogen and oxygen atoms in total. The molecular formula is C17H14FNO4S2. The summed E-state index contributed by atoms with van der Waals surface area (Å²) in [5, 5.41) is 4.77. The van der Waals surface area contributed by atoms with Crippen LogP contribution >= 0.6 is 22.7 Å². The molecule has 1 amide bonds. The number of nitrogens with one attached hydrogen (secondary N) is 1. The van der Waals surface area contributed by atoms with Gasteiger partial charge in [-0.2, -0.15) is 0 Å². The zero-order chi connectivity index (χ0) is 18.0. The zero-order valence-electron chi connectivity index (χ0n) is 13.4. The maximum atomic E-state index is 14.2. The van der Waals surface area contributed by atoms with E-state index in [0.29, 0.717) is 31.1 Å². The van der Waals surface area contributed by atoms with Crippen LogP contribution in [0.4, 0.5) is 10.1 Å². The highest BCUT2D eigenvalue weighted by molar-refractivity contribution is 7.21. The van der Waals surface area contributed by atoms with Crippen molar-refractivity contribution in [1.29, 1.82) is 0 Å². The number of carbonyl (C=O) groups excluding carboxylic acids is 2. The van der Waals surface area contributed by atoms with Gasteiger partial charge in [-0.1, -0.05) is 6.07 Å². The highest BCUT2D eigenvalue weighted by atomic mass is 32.1. The van der Waals surface area contributed by atoms with Crippen LogP contribution in [-0.4, -0.2) is 26.1 Å². The van der Waals surface area contributed by atoms with Crippen LogP contribution in [0.15, 0.2) is 29.6 Å². The van der Waals surface area contributed by atoms with Crippen LogP contribution in [0.1, 0.15) is 24.9 Å². The van der Waals surface area contributed by atoms with E-state index >= 15 is 0 Å². The van der Waals surface area contributed by atoms with Crippen molar-refractivity contribution in [2.45, 2.75) is 6.61 Å². The Labute approximate surface area is 151 Å². The number of esters is 1.